The number of pyridine rings is 1. The van der Waals surface area contributed by atoms with Crippen molar-refractivity contribution in [1.29, 1.82) is 0 Å². The van der Waals surface area contributed by atoms with Crippen LogP contribution < -0.4 is 10.2 Å². The highest BCUT2D eigenvalue weighted by Gasteiger charge is 2.21. The van der Waals surface area contributed by atoms with Crippen molar-refractivity contribution in [2.24, 2.45) is 0 Å². The summed E-state index contributed by atoms with van der Waals surface area (Å²) in [4.78, 5) is 6.69. The minimum absolute atomic E-state index is 0.360. The largest absolute Gasteiger partial charge is 0.380 e. The van der Waals surface area contributed by atoms with E-state index in [2.05, 4.69) is 28.2 Å². The number of piperidine rings is 1. The van der Waals surface area contributed by atoms with Crippen molar-refractivity contribution >= 4 is 5.69 Å². The number of anilines is 1. The van der Waals surface area contributed by atoms with E-state index in [-0.39, 0.29) is 0 Å². The van der Waals surface area contributed by atoms with Crippen molar-refractivity contribution in [2.45, 2.75) is 38.8 Å². The lowest BCUT2D eigenvalue weighted by Crippen LogP contribution is -2.40. The molecule has 0 spiro atoms. The third-order valence-electron chi connectivity index (χ3n) is 3.67. The van der Waals surface area contributed by atoms with E-state index in [1.807, 2.05) is 19.5 Å². The molecule has 2 rings (SSSR count). The molecule has 1 atom stereocenters. The zero-order valence-corrected chi connectivity index (χ0v) is 12.1. The van der Waals surface area contributed by atoms with Crippen LogP contribution in [0.3, 0.4) is 0 Å². The van der Waals surface area contributed by atoms with Crippen LogP contribution in [0.15, 0.2) is 18.5 Å². The van der Waals surface area contributed by atoms with Crippen LogP contribution in [0.5, 0.6) is 0 Å². The molecule has 1 aliphatic rings. The molecule has 1 aromatic rings. The second-order valence-electron chi connectivity index (χ2n) is 5.13. The average Bonchev–Trinajstić information content (AvgIpc) is 2.48. The molecule has 1 aliphatic heterocycles. The second kappa shape index (κ2) is 7.46. The Morgan fingerprint density at radius 3 is 3.21 bits per heavy atom. The Morgan fingerprint density at radius 2 is 2.42 bits per heavy atom. The van der Waals surface area contributed by atoms with E-state index in [9.17, 15) is 0 Å². The van der Waals surface area contributed by atoms with Gasteiger partial charge in [-0.2, -0.15) is 0 Å². The number of methoxy groups -OCH3 is 1. The molecule has 0 radical (unpaired) electrons. The first-order chi connectivity index (χ1) is 9.35. The van der Waals surface area contributed by atoms with Crippen LogP contribution in [0.25, 0.3) is 0 Å². The Morgan fingerprint density at radius 1 is 1.53 bits per heavy atom. The van der Waals surface area contributed by atoms with Gasteiger partial charge in [0.15, 0.2) is 0 Å². The summed E-state index contributed by atoms with van der Waals surface area (Å²) in [5.74, 6) is 0. The van der Waals surface area contributed by atoms with Crippen LogP contribution in [0.4, 0.5) is 5.69 Å². The second-order valence-corrected chi connectivity index (χ2v) is 5.13. The summed E-state index contributed by atoms with van der Waals surface area (Å²) in [7, 11) is 1.81. The molecule has 1 N–H and O–H groups in total. The lowest BCUT2D eigenvalue weighted by Gasteiger charge is -2.34. The Hall–Kier alpha value is -1.13. The van der Waals surface area contributed by atoms with Crippen LogP contribution in [-0.4, -0.2) is 37.8 Å². The number of rotatable bonds is 6. The predicted octanol–water partition coefficient (Wildman–Crippen LogP) is 2.20. The number of nitrogens with zero attached hydrogens (tertiary/aromatic N) is 2. The van der Waals surface area contributed by atoms with Gasteiger partial charge in [-0.1, -0.05) is 6.92 Å². The Labute approximate surface area is 116 Å². The molecule has 0 saturated carbocycles. The quantitative estimate of drug-likeness (QED) is 0.798. The normalized spacial score (nSPS) is 19.7. The molecule has 1 aromatic heterocycles. The molecule has 2 heterocycles. The van der Waals surface area contributed by atoms with Crippen LogP contribution in [0.1, 0.15) is 31.7 Å². The summed E-state index contributed by atoms with van der Waals surface area (Å²) in [6.45, 7) is 6.23. The molecule has 1 saturated heterocycles. The fourth-order valence-corrected chi connectivity index (χ4v) is 2.61. The topological polar surface area (TPSA) is 37.4 Å². The van der Waals surface area contributed by atoms with Gasteiger partial charge in [0.2, 0.25) is 0 Å². The van der Waals surface area contributed by atoms with Crippen LogP contribution in [0, 0.1) is 0 Å². The highest BCUT2D eigenvalue weighted by molar-refractivity contribution is 5.52. The van der Waals surface area contributed by atoms with Gasteiger partial charge >= 0.3 is 0 Å². The molecule has 106 valence electrons. The van der Waals surface area contributed by atoms with Gasteiger partial charge in [0, 0.05) is 50.4 Å². The van der Waals surface area contributed by atoms with Gasteiger partial charge in [-0.05, 0) is 31.9 Å². The van der Waals surface area contributed by atoms with Gasteiger partial charge in [-0.15, -0.1) is 0 Å². The molecule has 0 amide bonds. The summed E-state index contributed by atoms with van der Waals surface area (Å²) >= 11 is 0. The van der Waals surface area contributed by atoms with E-state index in [0.717, 1.165) is 32.6 Å². The number of hydrogen-bond donors (Lipinski definition) is 1. The van der Waals surface area contributed by atoms with E-state index in [0.29, 0.717) is 6.10 Å². The summed E-state index contributed by atoms with van der Waals surface area (Å²) in [5, 5.41) is 3.46. The van der Waals surface area contributed by atoms with Crippen molar-refractivity contribution in [2.75, 3.05) is 31.6 Å². The Bertz CT molecular complexity index is 383. The van der Waals surface area contributed by atoms with Gasteiger partial charge in [-0.3, -0.25) is 4.98 Å². The molecule has 4 nitrogen and oxygen atoms in total. The zero-order valence-electron chi connectivity index (χ0n) is 12.1. The Balaban J connectivity index is 2.05. The maximum atomic E-state index is 5.51. The number of hydrogen-bond acceptors (Lipinski definition) is 4. The molecule has 19 heavy (non-hydrogen) atoms. The third-order valence-corrected chi connectivity index (χ3v) is 3.67. The highest BCUT2D eigenvalue weighted by Crippen LogP contribution is 2.24. The van der Waals surface area contributed by atoms with Crippen LogP contribution >= 0.6 is 0 Å². The SMILES string of the molecule is CCCNCc1cnccc1N1CCCC(OC)C1. The number of aromatic nitrogens is 1. The summed E-state index contributed by atoms with van der Waals surface area (Å²) in [5.41, 5.74) is 2.59. The van der Waals surface area contributed by atoms with E-state index in [1.165, 1.54) is 24.1 Å². The summed E-state index contributed by atoms with van der Waals surface area (Å²) in [6, 6.07) is 2.13. The smallest absolute Gasteiger partial charge is 0.0746 e. The first-order valence-electron chi connectivity index (χ1n) is 7.26. The minimum Gasteiger partial charge on any atom is -0.380 e. The first-order valence-corrected chi connectivity index (χ1v) is 7.26. The third kappa shape index (κ3) is 3.91. The van der Waals surface area contributed by atoms with E-state index < -0.39 is 0 Å². The lowest BCUT2D eigenvalue weighted by atomic mass is 10.1. The lowest BCUT2D eigenvalue weighted by molar-refractivity contribution is 0.0893. The van der Waals surface area contributed by atoms with Gasteiger partial charge in [0.05, 0.1) is 6.10 Å². The minimum atomic E-state index is 0.360. The van der Waals surface area contributed by atoms with E-state index in [1.54, 1.807) is 0 Å². The Kier molecular flexibility index (Phi) is 5.61. The standard InChI is InChI=1S/C15H25N3O/c1-3-7-16-10-13-11-17-8-6-15(13)18-9-4-5-14(12-18)19-2/h6,8,11,14,16H,3-5,7,9-10,12H2,1-2H3. The molecule has 0 aliphatic carbocycles. The molecular weight excluding hydrogens is 238 g/mol. The van der Waals surface area contributed by atoms with Crippen molar-refractivity contribution in [1.82, 2.24) is 10.3 Å². The fourth-order valence-electron chi connectivity index (χ4n) is 2.61. The average molecular weight is 263 g/mol. The number of nitrogens with one attached hydrogen (secondary N) is 1. The predicted molar refractivity (Wildman–Crippen MR) is 78.5 cm³/mol. The molecular formula is C15H25N3O. The van der Waals surface area contributed by atoms with Crippen molar-refractivity contribution < 1.29 is 4.74 Å². The molecule has 1 unspecified atom stereocenters. The van der Waals surface area contributed by atoms with Crippen LogP contribution in [0.2, 0.25) is 0 Å². The summed E-state index contributed by atoms with van der Waals surface area (Å²) in [6.07, 6.45) is 7.75. The van der Waals surface area contributed by atoms with E-state index >= 15 is 0 Å². The molecule has 4 heteroatoms. The molecule has 0 aromatic carbocycles. The summed E-state index contributed by atoms with van der Waals surface area (Å²) < 4.78 is 5.51. The van der Waals surface area contributed by atoms with Gasteiger partial charge < -0.3 is 15.0 Å². The van der Waals surface area contributed by atoms with Crippen LogP contribution in [-0.2, 0) is 11.3 Å². The molecule has 0 bridgehead atoms. The monoisotopic (exact) mass is 263 g/mol. The fraction of sp³-hybridized carbons (Fsp3) is 0.667. The van der Waals surface area contributed by atoms with Gasteiger partial charge in [0.25, 0.3) is 0 Å². The zero-order chi connectivity index (χ0) is 13.5. The van der Waals surface area contributed by atoms with E-state index in [4.69, 9.17) is 4.74 Å². The van der Waals surface area contributed by atoms with Gasteiger partial charge in [0.1, 0.15) is 0 Å². The number of ether oxygens (including phenoxy) is 1. The maximum Gasteiger partial charge on any atom is 0.0746 e. The van der Waals surface area contributed by atoms with Gasteiger partial charge in [-0.25, -0.2) is 0 Å². The maximum absolute atomic E-state index is 5.51. The van der Waals surface area contributed by atoms with Crippen molar-refractivity contribution in [3.05, 3.63) is 24.0 Å². The van der Waals surface area contributed by atoms with Crippen molar-refractivity contribution in [3.8, 4) is 0 Å². The highest BCUT2D eigenvalue weighted by atomic mass is 16.5. The molecule has 1 fully saturated rings. The first kappa shape index (κ1) is 14.3. The van der Waals surface area contributed by atoms with Crippen molar-refractivity contribution in [3.63, 3.8) is 0 Å².